The van der Waals surface area contributed by atoms with E-state index in [-0.39, 0.29) is 11.8 Å². The molecule has 3 rings (SSSR count). The van der Waals surface area contributed by atoms with Crippen LogP contribution in [0.5, 0.6) is 0 Å². The predicted octanol–water partition coefficient (Wildman–Crippen LogP) is 4.58. The molecule has 1 amide bonds. The zero-order valence-corrected chi connectivity index (χ0v) is 19.6. The Kier molecular flexibility index (Phi) is 6.39. The lowest BCUT2D eigenvalue weighted by Gasteiger charge is -2.32. The first-order valence-electron chi connectivity index (χ1n) is 10.5. The van der Waals surface area contributed by atoms with Gasteiger partial charge >= 0.3 is 0 Å². The molecule has 1 N–H and O–H groups in total. The monoisotopic (exact) mass is 428 g/mol. The molecule has 0 radical (unpaired) electrons. The Balaban J connectivity index is 1.73. The van der Waals surface area contributed by atoms with E-state index in [1.165, 1.54) is 0 Å². The average molecular weight is 429 g/mol. The maximum atomic E-state index is 13.4. The number of hydrogen-bond acceptors (Lipinski definition) is 3. The van der Waals surface area contributed by atoms with Crippen molar-refractivity contribution in [2.24, 2.45) is 5.92 Å². The summed E-state index contributed by atoms with van der Waals surface area (Å²) in [6, 6.07) is 8.01. The number of hydrogen-bond donors (Lipinski definition) is 1. The molecule has 5 nitrogen and oxygen atoms in total. The molecule has 30 heavy (non-hydrogen) atoms. The van der Waals surface area contributed by atoms with Gasteiger partial charge in [-0.3, -0.25) is 4.79 Å². The van der Waals surface area contributed by atoms with Crippen LogP contribution in [0.15, 0.2) is 29.2 Å². The van der Waals surface area contributed by atoms with Crippen molar-refractivity contribution in [3.63, 3.8) is 0 Å². The van der Waals surface area contributed by atoms with E-state index >= 15 is 0 Å². The number of carbonyl (C=O) groups is 1. The molecule has 0 atom stereocenters. The van der Waals surface area contributed by atoms with E-state index in [0.29, 0.717) is 30.8 Å². The lowest BCUT2D eigenvalue weighted by atomic mass is 9.97. The fraction of sp³-hybridized carbons (Fsp3) is 0.458. The first-order valence-corrected chi connectivity index (χ1v) is 11.9. The summed E-state index contributed by atoms with van der Waals surface area (Å²) in [5, 5.41) is 3.00. The maximum Gasteiger partial charge on any atom is 0.243 e. The number of nitrogens with one attached hydrogen (secondary N) is 1. The molecule has 2 aromatic rings. The topological polar surface area (TPSA) is 66.5 Å². The third-order valence-electron chi connectivity index (χ3n) is 6.21. The fourth-order valence-corrected chi connectivity index (χ4v) is 6.39. The van der Waals surface area contributed by atoms with Crippen molar-refractivity contribution in [3.8, 4) is 0 Å². The Hall–Kier alpha value is -2.18. The first-order chi connectivity index (χ1) is 14.0. The van der Waals surface area contributed by atoms with Gasteiger partial charge in [0, 0.05) is 24.7 Å². The number of amides is 1. The van der Waals surface area contributed by atoms with E-state index in [1.807, 2.05) is 59.7 Å². The molecule has 1 aliphatic rings. The molecule has 1 fully saturated rings. The van der Waals surface area contributed by atoms with Crippen molar-refractivity contribution >= 4 is 21.6 Å². The summed E-state index contributed by atoms with van der Waals surface area (Å²) in [6.45, 7) is 12.4. The van der Waals surface area contributed by atoms with Crippen molar-refractivity contribution in [2.45, 2.75) is 59.3 Å². The number of carbonyl (C=O) groups excluding carboxylic acids is 1. The molecule has 0 spiro atoms. The minimum absolute atomic E-state index is 0.0317. The lowest BCUT2D eigenvalue weighted by molar-refractivity contribution is -0.120. The van der Waals surface area contributed by atoms with Crippen LogP contribution in [0.3, 0.4) is 0 Å². The third-order valence-corrected chi connectivity index (χ3v) is 8.38. The highest BCUT2D eigenvalue weighted by atomic mass is 32.2. The smallest absolute Gasteiger partial charge is 0.243 e. The molecule has 0 aromatic heterocycles. The Morgan fingerprint density at radius 2 is 1.37 bits per heavy atom. The van der Waals surface area contributed by atoms with Crippen molar-refractivity contribution in [1.29, 1.82) is 0 Å². The van der Waals surface area contributed by atoms with E-state index in [4.69, 9.17) is 0 Å². The summed E-state index contributed by atoms with van der Waals surface area (Å²) in [6.07, 6.45) is 1.05. The van der Waals surface area contributed by atoms with Gasteiger partial charge < -0.3 is 5.32 Å². The number of benzene rings is 2. The Morgan fingerprint density at radius 1 is 0.867 bits per heavy atom. The van der Waals surface area contributed by atoms with E-state index in [2.05, 4.69) is 11.4 Å². The van der Waals surface area contributed by atoms with Crippen molar-refractivity contribution in [1.82, 2.24) is 4.31 Å². The molecule has 0 unspecified atom stereocenters. The van der Waals surface area contributed by atoms with Crippen molar-refractivity contribution in [2.75, 3.05) is 18.4 Å². The maximum absolute atomic E-state index is 13.4. The molecule has 162 valence electrons. The number of piperidine rings is 1. The number of anilines is 1. The van der Waals surface area contributed by atoms with Gasteiger partial charge in [0.1, 0.15) is 0 Å². The average Bonchev–Trinajstić information content (AvgIpc) is 2.65. The molecule has 0 aliphatic carbocycles. The molecular weight excluding hydrogens is 396 g/mol. The largest absolute Gasteiger partial charge is 0.326 e. The van der Waals surface area contributed by atoms with Crippen molar-refractivity contribution < 1.29 is 13.2 Å². The van der Waals surface area contributed by atoms with Crippen LogP contribution >= 0.6 is 0 Å². The molecular formula is C24H32N2O3S. The van der Waals surface area contributed by atoms with Crippen LogP contribution in [-0.2, 0) is 14.8 Å². The van der Waals surface area contributed by atoms with Gasteiger partial charge in [-0.15, -0.1) is 0 Å². The highest BCUT2D eigenvalue weighted by Crippen LogP contribution is 2.31. The van der Waals surface area contributed by atoms with Gasteiger partial charge in [0.05, 0.1) is 4.90 Å². The summed E-state index contributed by atoms with van der Waals surface area (Å²) < 4.78 is 28.3. The van der Waals surface area contributed by atoms with Crippen LogP contribution < -0.4 is 5.32 Å². The van der Waals surface area contributed by atoms with Crippen LogP contribution in [-0.4, -0.2) is 31.7 Å². The first kappa shape index (κ1) is 22.5. The van der Waals surface area contributed by atoms with Gasteiger partial charge in [-0.1, -0.05) is 12.1 Å². The molecule has 2 aromatic carbocycles. The quantitative estimate of drug-likeness (QED) is 0.775. The van der Waals surface area contributed by atoms with Crippen LogP contribution in [0.25, 0.3) is 0 Å². The third kappa shape index (κ3) is 4.44. The molecule has 6 heteroatoms. The van der Waals surface area contributed by atoms with E-state index in [1.54, 1.807) is 4.31 Å². The second-order valence-corrected chi connectivity index (χ2v) is 10.5. The molecule has 0 bridgehead atoms. The Morgan fingerprint density at radius 3 is 1.87 bits per heavy atom. The molecule has 1 heterocycles. The van der Waals surface area contributed by atoms with Gasteiger partial charge in [0.15, 0.2) is 0 Å². The highest BCUT2D eigenvalue weighted by molar-refractivity contribution is 7.89. The Bertz CT molecular complexity index is 1040. The second-order valence-electron chi connectivity index (χ2n) is 8.63. The van der Waals surface area contributed by atoms with E-state index < -0.39 is 10.0 Å². The SMILES string of the molecule is Cc1cc(C)cc(NC(=O)C2CCN(S(=O)(=O)c3c(C)c(C)cc(C)c3C)CC2)c1. The number of aryl methyl sites for hydroxylation is 4. The summed E-state index contributed by atoms with van der Waals surface area (Å²) >= 11 is 0. The van der Waals surface area contributed by atoms with Crippen LogP contribution in [0.2, 0.25) is 0 Å². The number of rotatable bonds is 4. The minimum Gasteiger partial charge on any atom is -0.326 e. The Labute approximate surface area is 180 Å². The predicted molar refractivity (Wildman–Crippen MR) is 121 cm³/mol. The van der Waals surface area contributed by atoms with Gasteiger partial charge in [-0.2, -0.15) is 4.31 Å². The van der Waals surface area contributed by atoms with Gasteiger partial charge in [0.2, 0.25) is 15.9 Å². The second kappa shape index (κ2) is 8.52. The van der Waals surface area contributed by atoms with Crippen molar-refractivity contribution in [3.05, 3.63) is 57.6 Å². The zero-order valence-electron chi connectivity index (χ0n) is 18.8. The molecule has 0 saturated carbocycles. The summed E-state index contributed by atoms with van der Waals surface area (Å²) in [4.78, 5) is 13.2. The number of nitrogens with zero attached hydrogens (tertiary/aromatic N) is 1. The van der Waals surface area contributed by atoms with Gasteiger partial charge in [-0.25, -0.2) is 8.42 Å². The van der Waals surface area contributed by atoms with Gasteiger partial charge in [-0.05, 0) is 99.9 Å². The summed E-state index contributed by atoms with van der Waals surface area (Å²) in [5.74, 6) is -0.213. The van der Waals surface area contributed by atoms with E-state index in [9.17, 15) is 13.2 Å². The fourth-order valence-electron chi connectivity index (χ4n) is 4.35. The van der Waals surface area contributed by atoms with Gasteiger partial charge in [0.25, 0.3) is 0 Å². The normalized spacial score (nSPS) is 15.9. The number of sulfonamides is 1. The highest BCUT2D eigenvalue weighted by Gasteiger charge is 2.34. The molecule has 1 saturated heterocycles. The molecule has 1 aliphatic heterocycles. The van der Waals surface area contributed by atoms with Crippen LogP contribution in [0.1, 0.15) is 46.2 Å². The van der Waals surface area contributed by atoms with Crippen LogP contribution in [0, 0.1) is 47.5 Å². The summed E-state index contributed by atoms with van der Waals surface area (Å²) in [7, 11) is -3.59. The summed E-state index contributed by atoms with van der Waals surface area (Å²) in [5.41, 5.74) is 6.60. The standard InChI is InChI=1S/C24H32N2O3S/c1-15-11-16(2)13-22(12-15)25-24(27)21-7-9-26(10-8-21)30(28,29)23-19(5)17(3)14-18(4)20(23)6/h11-14,21H,7-10H2,1-6H3,(H,25,27). The lowest BCUT2D eigenvalue weighted by Crippen LogP contribution is -2.41. The minimum atomic E-state index is -3.59. The van der Waals surface area contributed by atoms with Crippen LogP contribution in [0.4, 0.5) is 5.69 Å². The van der Waals surface area contributed by atoms with E-state index in [0.717, 1.165) is 39.1 Å². The zero-order chi connectivity index (χ0) is 22.2.